The fraction of sp³-hybridized carbons (Fsp3) is 0.0556. The normalized spacial score (nSPS) is 15.2. The van der Waals surface area contributed by atoms with Gasteiger partial charge >= 0.3 is 0 Å². The van der Waals surface area contributed by atoms with Gasteiger partial charge in [-0.2, -0.15) is 5.01 Å². The van der Waals surface area contributed by atoms with Crippen molar-refractivity contribution in [1.82, 2.24) is 10.4 Å². The highest BCUT2D eigenvalue weighted by Crippen LogP contribution is 2.33. The zero-order valence-electron chi connectivity index (χ0n) is 14.2. The van der Waals surface area contributed by atoms with Crippen molar-refractivity contribution in [1.29, 1.82) is 0 Å². The number of ether oxygens (including phenoxy) is 1. The monoisotopic (exact) mass is 454 g/mol. The maximum absolute atomic E-state index is 12.6. The lowest BCUT2D eigenvalue weighted by molar-refractivity contribution is -0.123. The van der Waals surface area contributed by atoms with Gasteiger partial charge in [-0.15, -0.1) is 0 Å². The molecule has 144 valence electrons. The zero-order chi connectivity index (χ0) is 20.4. The number of carbonyl (C=O) groups excluding carboxylic acids is 2. The number of carbonyl (C=O) groups is 2. The van der Waals surface area contributed by atoms with Crippen molar-refractivity contribution in [2.45, 2.75) is 0 Å². The number of amides is 2. The number of methoxy groups -OCH3 is 1. The van der Waals surface area contributed by atoms with Crippen LogP contribution in [-0.2, 0) is 4.79 Å². The first-order chi connectivity index (χ1) is 13.3. The Morgan fingerprint density at radius 1 is 1.29 bits per heavy atom. The molecule has 1 saturated heterocycles. The van der Waals surface area contributed by atoms with Crippen molar-refractivity contribution in [3.63, 3.8) is 0 Å². The van der Waals surface area contributed by atoms with Gasteiger partial charge in [0, 0.05) is 15.6 Å². The van der Waals surface area contributed by atoms with Crippen LogP contribution in [0.15, 0.2) is 41.3 Å². The van der Waals surface area contributed by atoms with E-state index < -0.39 is 11.8 Å². The summed E-state index contributed by atoms with van der Waals surface area (Å²) in [6.45, 7) is 0. The van der Waals surface area contributed by atoms with Crippen molar-refractivity contribution in [3.05, 3.63) is 62.5 Å². The Balaban J connectivity index is 1.80. The fourth-order valence-electron chi connectivity index (χ4n) is 2.31. The number of phenolic OH excluding ortho intramolecular Hbond substituents is 1. The van der Waals surface area contributed by atoms with Crippen molar-refractivity contribution < 1.29 is 19.4 Å². The lowest BCUT2D eigenvalue weighted by atomic mass is 10.2. The van der Waals surface area contributed by atoms with Crippen LogP contribution in [0.4, 0.5) is 0 Å². The van der Waals surface area contributed by atoms with Crippen LogP contribution in [-0.4, -0.2) is 33.4 Å². The largest absolute Gasteiger partial charge is 0.504 e. The van der Waals surface area contributed by atoms with E-state index in [2.05, 4.69) is 5.43 Å². The van der Waals surface area contributed by atoms with Crippen molar-refractivity contribution >= 4 is 69.4 Å². The molecule has 10 heteroatoms. The average Bonchev–Trinajstić information content (AvgIpc) is 2.91. The van der Waals surface area contributed by atoms with Crippen LogP contribution >= 0.6 is 47.2 Å². The SMILES string of the molecule is COc1cc(C(=O)NN2C(=O)/C(=C\c3ccc(Cl)cc3Cl)SC2=S)ccc1O. The molecule has 0 atom stereocenters. The summed E-state index contributed by atoms with van der Waals surface area (Å²) in [4.78, 5) is 25.4. The molecule has 2 N–H and O–H groups in total. The summed E-state index contributed by atoms with van der Waals surface area (Å²) in [5.74, 6) is -1.04. The standard InChI is InChI=1S/C18H12Cl2N2O4S2/c1-26-14-6-10(3-5-13(14)23)16(24)21-22-17(25)15(28-18(22)27)7-9-2-4-11(19)8-12(9)20/h2-8,23H,1H3,(H,21,24)/b15-7+. The number of hydrogen-bond donors (Lipinski definition) is 2. The van der Waals surface area contributed by atoms with Crippen LogP contribution in [0.5, 0.6) is 11.5 Å². The molecule has 2 aromatic rings. The van der Waals surface area contributed by atoms with Crippen LogP contribution in [0.1, 0.15) is 15.9 Å². The highest BCUT2D eigenvalue weighted by atomic mass is 35.5. The molecule has 1 aliphatic rings. The van der Waals surface area contributed by atoms with Crippen LogP contribution in [0.25, 0.3) is 6.08 Å². The number of nitrogens with one attached hydrogen (secondary N) is 1. The first-order valence-corrected chi connectivity index (χ1v) is 9.69. The van der Waals surface area contributed by atoms with Gasteiger partial charge in [0.15, 0.2) is 15.8 Å². The summed E-state index contributed by atoms with van der Waals surface area (Å²) in [6, 6.07) is 8.97. The molecule has 0 bridgehead atoms. The van der Waals surface area contributed by atoms with E-state index in [1.165, 1.54) is 25.3 Å². The molecule has 0 saturated carbocycles. The van der Waals surface area contributed by atoms with Gasteiger partial charge < -0.3 is 9.84 Å². The average molecular weight is 455 g/mol. The number of phenols is 1. The Morgan fingerprint density at radius 2 is 2.04 bits per heavy atom. The van der Waals surface area contributed by atoms with Gasteiger partial charge in [0.25, 0.3) is 11.8 Å². The van der Waals surface area contributed by atoms with Gasteiger partial charge in [0.05, 0.1) is 12.0 Å². The lowest BCUT2D eigenvalue weighted by Gasteiger charge is -2.16. The molecule has 0 spiro atoms. The highest BCUT2D eigenvalue weighted by molar-refractivity contribution is 8.26. The predicted molar refractivity (Wildman–Crippen MR) is 114 cm³/mol. The van der Waals surface area contributed by atoms with Crippen molar-refractivity contribution in [2.24, 2.45) is 0 Å². The number of benzene rings is 2. The molecule has 6 nitrogen and oxygen atoms in total. The number of halogens is 2. The summed E-state index contributed by atoms with van der Waals surface area (Å²) in [7, 11) is 1.37. The van der Waals surface area contributed by atoms with E-state index in [1.807, 2.05) is 0 Å². The predicted octanol–water partition coefficient (Wildman–Crippen LogP) is 4.25. The molecule has 2 aromatic carbocycles. The molecule has 2 amide bonds. The van der Waals surface area contributed by atoms with E-state index in [9.17, 15) is 14.7 Å². The summed E-state index contributed by atoms with van der Waals surface area (Å²) in [5, 5.41) is 11.5. The third kappa shape index (κ3) is 4.25. The van der Waals surface area contributed by atoms with Gasteiger partial charge in [0.1, 0.15) is 0 Å². The first-order valence-electron chi connectivity index (χ1n) is 7.71. The van der Waals surface area contributed by atoms with Crippen LogP contribution < -0.4 is 10.2 Å². The number of nitrogens with zero attached hydrogens (tertiary/aromatic N) is 1. The van der Waals surface area contributed by atoms with Gasteiger partial charge in [-0.3, -0.25) is 15.0 Å². The van der Waals surface area contributed by atoms with Crippen molar-refractivity contribution in [3.8, 4) is 11.5 Å². The second kappa shape index (κ2) is 8.40. The van der Waals surface area contributed by atoms with Gasteiger partial charge in [-0.1, -0.05) is 41.0 Å². The Morgan fingerprint density at radius 3 is 2.71 bits per heavy atom. The van der Waals surface area contributed by atoms with E-state index >= 15 is 0 Å². The molecule has 0 aromatic heterocycles. The second-order valence-corrected chi connectivity index (χ2v) is 8.03. The minimum Gasteiger partial charge on any atom is -0.504 e. The molecular weight excluding hydrogens is 443 g/mol. The molecular formula is C18H12Cl2N2O4S2. The highest BCUT2D eigenvalue weighted by Gasteiger charge is 2.34. The number of hydrogen-bond acceptors (Lipinski definition) is 6. The lowest BCUT2D eigenvalue weighted by Crippen LogP contribution is -2.44. The van der Waals surface area contributed by atoms with Crippen LogP contribution in [0, 0.1) is 0 Å². The van der Waals surface area contributed by atoms with E-state index in [0.717, 1.165) is 16.8 Å². The molecule has 0 radical (unpaired) electrons. The van der Waals surface area contributed by atoms with E-state index in [1.54, 1.807) is 24.3 Å². The molecule has 1 heterocycles. The molecule has 0 unspecified atom stereocenters. The van der Waals surface area contributed by atoms with Gasteiger partial charge in [-0.25, -0.2) is 0 Å². The summed E-state index contributed by atoms with van der Waals surface area (Å²) >= 11 is 18.2. The minimum atomic E-state index is -0.583. The molecule has 0 aliphatic carbocycles. The summed E-state index contributed by atoms with van der Waals surface area (Å²) in [6.07, 6.45) is 1.58. The molecule has 28 heavy (non-hydrogen) atoms. The fourth-order valence-corrected chi connectivity index (χ4v) is 3.94. The van der Waals surface area contributed by atoms with Crippen molar-refractivity contribution in [2.75, 3.05) is 7.11 Å². The maximum Gasteiger partial charge on any atom is 0.285 e. The first kappa shape index (κ1) is 20.5. The van der Waals surface area contributed by atoms with E-state index in [-0.39, 0.29) is 21.4 Å². The third-order valence-corrected chi connectivity index (χ3v) is 5.56. The smallest absolute Gasteiger partial charge is 0.285 e. The topological polar surface area (TPSA) is 78.9 Å². The Hall–Kier alpha value is -2.26. The molecule has 3 rings (SSSR count). The molecule has 1 aliphatic heterocycles. The number of aromatic hydroxyl groups is 1. The van der Waals surface area contributed by atoms with Crippen LogP contribution in [0.2, 0.25) is 10.0 Å². The summed E-state index contributed by atoms with van der Waals surface area (Å²) in [5.41, 5.74) is 3.24. The van der Waals surface area contributed by atoms with E-state index in [4.69, 9.17) is 40.2 Å². The Kier molecular flexibility index (Phi) is 6.14. The Labute approximate surface area is 180 Å². The summed E-state index contributed by atoms with van der Waals surface area (Å²) < 4.78 is 5.15. The number of rotatable bonds is 4. The maximum atomic E-state index is 12.6. The van der Waals surface area contributed by atoms with E-state index in [0.29, 0.717) is 20.5 Å². The quantitative estimate of drug-likeness (QED) is 0.530. The van der Waals surface area contributed by atoms with Gasteiger partial charge in [0.2, 0.25) is 0 Å². The minimum absolute atomic E-state index is 0.104. The second-order valence-electron chi connectivity index (χ2n) is 5.51. The molecule has 1 fully saturated rings. The van der Waals surface area contributed by atoms with Crippen LogP contribution in [0.3, 0.4) is 0 Å². The van der Waals surface area contributed by atoms with Gasteiger partial charge in [-0.05, 0) is 54.2 Å². The number of hydrazine groups is 1. The third-order valence-electron chi connectivity index (χ3n) is 3.70. The number of thioether (sulfide) groups is 1. The number of thiocarbonyl (C=S) groups is 1. The zero-order valence-corrected chi connectivity index (χ0v) is 17.4. The Bertz CT molecular complexity index is 1030.